The molecule has 8 nitrogen and oxygen atoms in total. The number of para-hydroxylation sites is 2. The fourth-order valence-corrected chi connectivity index (χ4v) is 4.25. The van der Waals surface area contributed by atoms with Crippen LogP contribution in [0.2, 0.25) is 0 Å². The van der Waals surface area contributed by atoms with Gasteiger partial charge in [0.2, 0.25) is 5.91 Å². The van der Waals surface area contributed by atoms with Crippen LogP contribution in [0.3, 0.4) is 0 Å². The normalized spacial score (nSPS) is 11.2. The molecule has 1 amide bonds. The van der Waals surface area contributed by atoms with Gasteiger partial charge in [0.05, 0.1) is 11.0 Å². The second kappa shape index (κ2) is 9.19. The van der Waals surface area contributed by atoms with Crippen molar-refractivity contribution in [1.29, 1.82) is 0 Å². The number of aromatic nitrogens is 6. The number of carbonyl (C=O) groups is 1. The number of rotatable bonds is 8. The third-order valence-corrected chi connectivity index (χ3v) is 5.97. The zero-order valence-corrected chi connectivity index (χ0v) is 18.0. The first-order valence-corrected chi connectivity index (χ1v) is 11.3. The van der Waals surface area contributed by atoms with Crippen LogP contribution in [0.15, 0.2) is 72.1 Å². The Morgan fingerprint density at radius 2 is 1.94 bits per heavy atom. The van der Waals surface area contributed by atoms with E-state index >= 15 is 0 Å². The Balaban J connectivity index is 1.09. The highest BCUT2D eigenvalue weighted by Gasteiger charge is 2.08. The van der Waals surface area contributed by atoms with Crippen LogP contribution in [0.25, 0.3) is 16.8 Å². The summed E-state index contributed by atoms with van der Waals surface area (Å²) in [5.74, 6) is 2.25. The van der Waals surface area contributed by atoms with Crippen LogP contribution < -0.4 is 5.32 Å². The number of H-pyrrole nitrogens is 1. The summed E-state index contributed by atoms with van der Waals surface area (Å²) in [5, 5.41) is 12.1. The highest BCUT2D eigenvalue weighted by atomic mass is 32.2. The lowest BCUT2D eigenvalue weighted by molar-refractivity contribution is -0.116. The summed E-state index contributed by atoms with van der Waals surface area (Å²) < 4.78 is 1.87. The number of fused-ring (bicyclic) bond motifs is 2. The highest BCUT2D eigenvalue weighted by Crippen LogP contribution is 2.20. The van der Waals surface area contributed by atoms with E-state index < -0.39 is 0 Å². The molecule has 0 radical (unpaired) electrons. The Labute approximate surface area is 188 Å². The number of hydrogen-bond donors (Lipinski definition) is 2. The molecule has 160 valence electrons. The van der Waals surface area contributed by atoms with Gasteiger partial charge in [-0.15, -0.1) is 10.2 Å². The second-order valence-corrected chi connectivity index (χ2v) is 8.42. The van der Waals surface area contributed by atoms with Gasteiger partial charge < -0.3 is 10.3 Å². The number of hydrogen-bond acceptors (Lipinski definition) is 6. The lowest BCUT2D eigenvalue weighted by Crippen LogP contribution is -2.11. The van der Waals surface area contributed by atoms with Crippen molar-refractivity contribution in [1.82, 2.24) is 29.5 Å². The molecule has 0 spiro atoms. The number of benzene rings is 2. The number of carbonyl (C=O) groups excluding carboxylic acids is 1. The second-order valence-electron chi connectivity index (χ2n) is 7.34. The minimum atomic E-state index is 0.0116. The molecule has 9 heteroatoms. The molecular formula is C23H21N7OS. The van der Waals surface area contributed by atoms with Gasteiger partial charge in [0.1, 0.15) is 5.82 Å². The van der Waals surface area contributed by atoms with E-state index in [1.54, 1.807) is 18.0 Å². The Kier molecular flexibility index (Phi) is 5.80. The molecule has 0 fully saturated rings. The van der Waals surface area contributed by atoms with E-state index in [-0.39, 0.29) is 5.91 Å². The minimum Gasteiger partial charge on any atom is -0.333 e. The van der Waals surface area contributed by atoms with Crippen LogP contribution >= 0.6 is 11.8 Å². The van der Waals surface area contributed by atoms with Crippen molar-refractivity contribution in [2.75, 3.05) is 11.1 Å². The first-order chi connectivity index (χ1) is 15.7. The number of nitrogens with zero attached hydrogens (tertiary/aromatic N) is 5. The van der Waals surface area contributed by atoms with Gasteiger partial charge in [0.15, 0.2) is 5.16 Å². The van der Waals surface area contributed by atoms with Crippen molar-refractivity contribution < 1.29 is 4.79 Å². The molecule has 2 aromatic carbocycles. The summed E-state index contributed by atoms with van der Waals surface area (Å²) in [5.41, 5.74) is 3.87. The zero-order chi connectivity index (χ0) is 21.8. The van der Waals surface area contributed by atoms with Gasteiger partial charge in [-0.05, 0) is 42.3 Å². The van der Waals surface area contributed by atoms with Crippen LogP contribution in [0, 0.1) is 0 Å². The molecule has 0 saturated carbocycles. The molecule has 0 unspecified atom stereocenters. The topological polar surface area (TPSA) is 101 Å². The Hall–Kier alpha value is -3.72. The lowest BCUT2D eigenvalue weighted by Gasteiger charge is -2.06. The first kappa shape index (κ1) is 20.2. The number of anilines is 1. The van der Waals surface area contributed by atoms with E-state index in [0.29, 0.717) is 18.6 Å². The van der Waals surface area contributed by atoms with E-state index in [9.17, 15) is 4.79 Å². The van der Waals surface area contributed by atoms with Crippen LogP contribution in [0.5, 0.6) is 0 Å². The molecule has 5 rings (SSSR count). The largest absolute Gasteiger partial charge is 0.333 e. The van der Waals surface area contributed by atoms with Crippen molar-refractivity contribution in [2.45, 2.75) is 24.4 Å². The number of amides is 1. The summed E-state index contributed by atoms with van der Waals surface area (Å²) in [4.78, 5) is 24.3. The Morgan fingerprint density at radius 3 is 2.81 bits per heavy atom. The molecule has 0 aliphatic rings. The zero-order valence-electron chi connectivity index (χ0n) is 17.2. The monoisotopic (exact) mass is 443 g/mol. The summed E-state index contributed by atoms with van der Waals surface area (Å²) in [6.45, 7) is 0. The Bertz CT molecular complexity index is 1330. The van der Waals surface area contributed by atoms with Gasteiger partial charge in [-0.3, -0.25) is 9.20 Å². The number of aromatic amines is 1. The minimum absolute atomic E-state index is 0.0116. The quantitative estimate of drug-likeness (QED) is 0.277. The van der Waals surface area contributed by atoms with Crippen molar-refractivity contribution in [3.8, 4) is 0 Å². The molecule has 5 aromatic rings. The Morgan fingerprint density at radius 1 is 1.06 bits per heavy atom. The summed E-state index contributed by atoms with van der Waals surface area (Å²) in [6, 6.07) is 17.6. The SMILES string of the molecule is O=C(CCCSc1nc2ccccc2[nH]1)Nc1ccc(Cc2nnc3ncccn23)cc1. The molecule has 0 saturated heterocycles. The van der Waals surface area contributed by atoms with Crippen LogP contribution in [-0.2, 0) is 11.2 Å². The number of thioether (sulfide) groups is 1. The highest BCUT2D eigenvalue weighted by molar-refractivity contribution is 7.99. The maximum Gasteiger partial charge on any atom is 0.254 e. The molecule has 0 atom stereocenters. The number of imidazole rings is 1. The molecule has 0 aliphatic carbocycles. The standard InChI is InChI=1S/C23H21N7OS/c31-21(7-3-14-32-23-26-18-5-1-2-6-19(18)27-23)25-17-10-8-16(9-11-17)15-20-28-29-22-24-12-4-13-30(20)22/h1-2,4-6,8-13H,3,7,14-15H2,(H,25,31)(H,26,27). The third-order valence-electron chi connectivity index (χ3n) is 5.01. The maximum atomic E-state index is 12.3. The van der Waals surface area contributed by atoms with E-state index in [0.717, 1.165) is 45.4 Å². The van der Waals surface area contributed by atoms with Crippen molar-refractivity contribution in [3.63, 3.8) is 0 Å². The third kappa shape index (κ3) is 4.62. The van der Waals surface area contributed by atoms with Gasteiger partial charge in [-0.2, -0.15) is 0 Å². The summed E-state index contributed by atoms with van der Waals surface area (Å²) >= 11 is 1.63. The molecule has 32 heavy (non-hydrogen) atoms. The van der Waals surface area contributed by atoms with E-state index in [1.165, 1.54) is 0 Å². The van der Waals surface area contributed by atoms with Crippen molar-refractivity contribution in [3.05, 3.63) is 78.4 Å². The van der Waals surface area contributed by atoms with Crippen molar-refractivity contribution in [2.24, 2.45) is 0 Å². The fraction of sp³-hybridized carbons (Fsp3) is 0.174. The predicted octanol–water partition coefficient (Wildman–Crippen LogP) is 4.10. The van der Waals surface area contributed by atoms with Crippen LogP contribution in [-0.4, -0.2) is 41.2 Å². The van der Waals surface area contributed by atoms with Gasteiger partial charge in [0, 0.05) is 36.7 Å². The molecule has 0 aliphatic heterocycles. The average molecular weight is 444 g/mol. The van der Waals surface area contributed by atoms with Crippen LogP contribution in [0.4, 0.5) is 5.69 Å². The van der Waals surface area contributed by atoms with Gasteiger partial charge in [-0.1, -0.05) is 36.0 Å². The summed E-state index contributed by atoms with van der Waals surface area (Å²) in [6.07, 6.45) is 5.48. The van der Waals surface area contributed by atoms with E-state index in [1.807, 2.05) is 65.2 Å². The lowest BCUT2D eigenvalue weighted by atomic mass is 10.1. The molecule has 3 heterocycles. The molecule has 2 N–H and O–H groups in total. The van der Waals surface area contributed by atoms with Crippen molar-refractivity contribution >= 4 is 40.2 Å². The molecule has 3 aromatic heterocycles. The molecular weight excluding hydrogens is 422 g/mol. The predicted molar refractivity (Wildman–Crippen MR) is 125 cm³/mol. The van der Waals surface area contributed by atoms with Gasteiger partial charge >= 0.3 is 0 Å². The maximum absolute atomic E-state index is 12.3. The fourth-order valence-electron chi connectivity index (χ4n) is 3.42. The summed E-state index contributed by atoms with van der Waals surface area (Å²) in [7, 11) is 0. The smallest absolute Gasteiger partial charge is 0.254 e. The average Bonchev–Trinajstić information content (AvgIpc) is 3.42. The van der Waals surface area contributed by atoms with E-state index in [2.05, 4.69) is 30.5 Å². The first-order valence-electron chi connectivity index (χ1n) is 10.4. The number of nitrogens with one attached hydrogen (secondary N) is 2. The molecule has 0 bridgehead atoms. The van der Waals surface area contributed by atoms with E-state index in [4.69, 9.17) is 0 Å². The van der Waals surface area contributed by atoms with Gasteiger partial charge in [0.25, 0.3) is 5.78 Å². The van der Waals surface area contributed by atoms with Crippen LogP contribution in [0.1, 0.15) is 24.2 Å². The van der Waals surface area contributed by atoms with Gasteiger partial charge in [-0.25, -0.2) is 9.97 Å².